The van der Waals surface area contributed by atoms with Crippen molar-refractivity contribution in [3.05, 3.63) is 22.2 Å². The summed E-state index contributed by atoms with van der Waals surface area (Å²) in [5, 5.41) is 0. The van der Waals surface area contributed by atoms with E-state index in [-0.39, 0.29) is 0 Å². The molecule has 2 rings (SSSR count). The van der Waals surface area contributed by atoms with Crippen LogP contribution in [0.25, 0.3) is 0 Å². The van der Waals surface area contributed by atoms with Gasteiger partial charge in [0.1, 0.15) is 18.0 Å². The van der Waals surface area contributed by atoms with Crippen LogP contribution < -0.4 is 14.4 Å². The zero-order valence-electron chi connectivity index (χ0n) is 12.0. The molecule has 0 radical (unpaired) electrons. The molecule has 1 unspecified atom stereocenters. The minimum Gasteiger partial charge on any atom is -0.496 e. The van der Waals surface area contributed by atoms with Gasteiger partial charge in [-0.2, -0.15) is 0 Å². The SMILES string of the molecule is COc1cc(OC)c(C[NH+]2CCC[C@H](C)C2)cc1Br. The Labute approximate surface area is 124 Å². The maximum atomic E-state index is 5.50. The number of benzene rings is 1. The van der Waals surface area contributed by atoms with Crippen LogP contribution >= 0.6 is 15.9 Å². The standard InChI is InChI=1S/C15H22BrNO2/c1-11-5-4-6-17(9-11)10-12-7-13(16)15(19-3)8-14(12)18-2/h7-8,11H,4-6,9-10H2,1-3H3/p+1/t11-/m0/s1. The van der Waals surface area contributed by atoms with Crippen LogP contribution in [0.5, 0.6) is 11.5 Å². The van der Waals surface area contributed by atoms with Gasteiger partial charge in [0, 0.05) is 17.5 Å². The summed E-state index contributed by atoms with van der Waals surface area (Å²) in [5.74, 6) is 2.57. The average Bonchev–Trinajstić information content (AvgIpc) is 2.39. The van der Waals surface area contributed by atoms with Crippen molar-refractivity contribution in [2.75, 3.05) is 27.3 Å². The third-order valence-electron chi connectivity index (χ3n) is 3.86. The predicted octanol–water partition coefficient (Wildman–Crippen LogP) is 2.28. The minimum atomic E-state index is 0.822. The van der Waals surface area contributed by atoms with Crippen LogP contribution in [0.1, 0.15) is 25.3 Å². The molecule has 1 aliphatic heterocycles. The molecule has 1 aromatic carbocycles. The minimum absolute atomic E-state index is 0.822. The maximum Gasteiger partial charge on any atom is 0.136 e. The molecule has 0 saturated carbocycles. The van der Waals surface area contributed by atoms with Gasteiger partial charge in [-0.1, -0.05) is 6.92 Å². The van der Waals surface area contributed by atoms with Gasteiger partial charge >= 0.3 is 0 Å². The van der Waals surface area contributed by atoms with E-state index in [1.807, 2.05) is 6.07 Å². The van der Waals surface area contributed by atoms with Crippen LogP contribution in [0.15, 0.2) is 16.6 Å². The van der Waals surface area contributed by atoms with Crippen molar-refractivity contribution in [3.8, 4) is 11.5 Å². The fraction of sp³-hybridized carbons (Fsp3) is 0.600. The largest absolute Gasteiger partial charge is 0.496 e. The third kappa shape index (κ3) is 3.63. The molecule has 1 aromatic rings. The second-order valence-corrected chi connectivity index (χ2v) is 6.28. The van der Waals surface area contributed by atoms with Gasteiger partial charge in [0.2, 0.25) is 0 Å². The van der Waals surface area contributed by atoms with E-state index in [0.29, 0.717) is 0 Å². The molecular formula is C15H23BrNO2+. The first-order valence-electron chi connectivity index (χ1n) is 6.88. The van der Waals surface area contributed by atoms with Gasteiger partial charge in [-0.15, -0.1) is 0 Å². The van der Waals surface area contributed by atoms with Crippen molar-refractivity contribution in [1.82, 2.24) is 0 Å². The van der Waals surface area contributed by atoms with E-state index in [9.17, 15) is 0 Å². The number of likely N-dealkylation sites (tertiary alicyclic amines) is 1. The Hall–Kier alpha value is -0.740. The number of rotatable bonds is 4. The molecular weight excluding hydrogens is 306 g/mol. The van der Waals surface area contributed by atoms with Gasteiger partial charge < -0.3 is 14.4 Å². The van der Waals surface area contributed by atoms with E-state index < -0.39 is 0 Å². The Balaban J connectivity index is 2.16. The average molecular weight is 329 g/mol. The summed E-state index contributed by atoms with van der Waals surface area (Å²) in [5.41, 5.74) is 1.25. The fourth-order valence-electron chi connectivity index (χ4n) is 2.89. The van der Waals surface area contributed by atoms with Gasteiger partial charge in [0.25, 0.3) is 0 Å². The summed E-state index contributed by atoms with van der Waals surface area (Å²) in [7, 11) is 3.40. The number of ether oxygens (including phenoxy) is 2. The summed E-state index contributed by atoms with van der Waals surface area (Å²) in [6, 6.07) is 4.09. The summed E-state index contributed by atoms with van der Waals surface area (Å²) in [6.45, 7) is 5.89. The highest BCUT2D eigenvalue weighted by Crippen LogP contribution is 2.32. The van der Waals surface area contributed by atoms with Gasteiger partial charge in [-0.3, -0.25) is 0 Å². The summed E-state index contributed by atoms with van der Waals surface area (Å²) < 4.78 is 11.8. The second kappa shape index (κ2) is 6.62. The van der Waals surface area contributed by atoms with Crippen LogP contribution in [0.2, 0.25) is 0 Å². The lowest BCUT2D eigenvalue weighted by atomic mass is 9.99. The number of quaternary nitrogens is 1. The van der Waals surface area contributed by atoms with E-state index in [2.05, 4.69) is 28.9 Å². The van der Waals surface area contributed by atoms with Gasteiger partial charge in [0.05, 0.1) is 31.8 Å². The lowest BCUT2D eigenvalue weighted by Gasteiger charge is -2.28. The van der Waals surface area contributed by atoms with E-state index in [1.165, 1.54) is 31.5 Å². The highest BCUT2D eigenvalue weighted by Gasteiger charge is 2.21. The molecule has 1 N–H and O–H groups in total. The monoisotopic (exact) mass is 328 g/mol. The predicted molar refractivity (Wildman–Crippen MR) is 80.0 cm³/mol. The normalized spacial score (nSPS) is 23.2. The Morgan fingerprint density at radius 2 is 2.00 bits per heavy atom. The molecule has 1 heterocycles. The summed E-state index contributed by atoms with van der Waals surface area (Å²) in [4.78, 5) is 1.65. The molecule has 1 saturated heterocycles. The molecule has 0 aliphatic carbocycles. The van der Waals surface area contributed by atoms with Crippen molar-refractivity contribution in [2.45, 2.75) is 26.3 Å². The van der Waals surface area contributed by atoms with E-state index in [0.717, 1.165) is 28.4 Å². The first-order valence-corrected chi connectivity index (χ1v) is 7.67. The maximum absolute atomic E-state index is 5.50. The van der Waals surface area contributed by atoms with Crippen LogP contribution in [0.3, 0.4) is 0 Å². The van der Waals surface area contributed by atoms with Crippen molar-refractivity contribution in [2.24, 2.45) is 5.92 Å². The molecule has 0 spiro atoms. The number of hydrogen-bond donors (Lipinski definition) is 1. The zero-order valence-corrected chi connectivity index (χ0v) is 13.5. The zero-order chi connectivity index (χ0) is 13.8. The number of hydrogen-bond acceptors (Lipinski definition) is 2. The van der Waals surface area contributed by atoms with Gasteiger partial charge in [-0.05, 0) is 34.8 Å². The Kier molecular flexibility index (Phi) is 5.11. The van der Waals surface area contributed by atoms with Crippen molar-refractivity contribution >= 4 is 15.9 Å². The van der Waals surface area contributed by atoms with Crippen LogP contribution in [0, 0.1) is 5.92 Å². The van der Waals surface area contributed by atoms with Crippen LogP contribution in [0.4, 0.5) is 0 Å². The Morgan fingerprint density at radius 3 is 2.63 bits per heavy atom. The fourth-order valence-corrected chi connectivity index (χ4v) is 3.44. The highest BCUT2D eigenvalue weighted by molar-refractivity contribution is 9.10. The molecule has 2 atom stereocenters. The molecule has 1 fully saturated rings. The number of halogens is 1. The lowest BCUT2D eigenvalue weighted by Crippen LogP contribution is -3.12. The second-order valence-electron chi connectivity index (χ2n) is 5.43. The van der Waals surface area contributed by atoms with Gasteiger partial charge in [0.15, 0.2) is 0 Å². The number of methoxy groups -OCH3 is 2. The van der Waals surface area contributed by atoms with Crippen molar-refractivity contribution in [1.29, 1.82) is 0 Å². The number of nitrogens with one attached hydrogen (secondary N) is 1. The molecule has 0 bridgehead atoms. The quantitative estimate of drug-likeness (QED) is 0.916. The summed E-state index contributed by atoms with van der Waals surface area (Å²) >= 11 is 3.56. The third-order valence-corrected chi connectivity index (χ3v) is 4.48. The van der Waals surface area contributed by atoms with Crippen molar-refractivity contribution < 1.29 is 14.4 Å². The van der Waals surface area contributed by atoms with Gasteiger partial charge in [-0.25, -0.2) is 0 Å². The lowest BCUT2D eigenvalue weighted by molar-refractivity contribution is -0.922. The van der Waals surface area contributed by atoms with Crippen molar-refractivity contribution in [3.63, 3.8) is 0 Å². The van der Waals surface area contributed by atoms with E-state index in [4.69, 9.17) is 9.47 Å². The smallest absolute Gasteiger partial charge is 0.136 e. The molecule has 3 nitrogen and oxygen atoms in total. The molecule has 0 amide bonds. The first-order chi connectivity index (χ1) is 9.13. The Bertz CT molecular complexity index is 436. The molecule has 106 valence electrons. The molecule has 19 heavy (non-hydrogen) atoms. The molecule has 1 aliphatic rings. The van der Waals surface area contributed by atoms with Crippen LogP contribution in [-0.2, 0) is 6.54 Å². The van der Waals surface area contributed by atoms with Crippen LogP contribution in [-0.4, -0.2) is 27.3 Å². The molecule has 4 heteroatoms. The summed E-state index contributed by atoms with van der Waals surface area (Å²) in [6.07, 6.45) is 2.70. The topological polar surface area (TPSA) is 22.9 Å². The first kappa shape index (κ1) is 14.7. The number of piperidine rings is 1. The highest BCUT2D eigenvalue weighted by atomic mass is 79.9. The Morgan fingerprint density at radius 1 is 1.26 bits per heavy atom. The van der Waals surface area contributed by atoms with E-state index in [1.54, 1.807) is 19.1 Å². The van der Waals surface area contributed by atoms with E-state index >= 15 is 0 Å². The molecule has 0 aromatic heterocycles.